The summed E-state index contributed by atoms with van der Waals surface area (Å²) in [6, 6.07) is 8.20. The monoisotopic (exact) mass is 304 g/mol. The molecular formula is C15H20N4OS. The first-order valence-electron chi connectivity index (χ1n) is 6.90. The lowest BCUT2D eigenvalue weighted by Gasteiger charge is -2.12. The standard InChI is InChI=1S/C15H20N4OS/c1-11-4-6-13(7-5-11)21-12(2)15(20)16-9-8-14-17-10-18-19(14)3/h4-7,10,12H,8-9H2,1-3H3,(H,16,20). The molecule has 1 unspecified atom stereocenters. The van der Waals surface area contributed by atoms with Crippen molar-refractivity contribution in [3.63, 3.8) is 0 Å². The molecule has 0 fully saturated rings. The van der Waals surface area contributed by atoms with Crippen LogP contribution in [-0.2, 0) is 18.3 Å². The predicted octanol–water partition coefficient (Wildman–Crippen LogP) is 1.96. The summed E-state index contributed by atoms with van der Waals surface area (Å²) in [6.45, 7) is 4.55. The molecule has 0 aliphatic heterocycles. The summed E-state index contributed by atoms with van der Waals surface area (Å²) >= 11 is 1.57. The lowest BCUT2D eigenvalue weighted by molar-refractivity contribution is -0.120. The summed E-state index contributed by atoms with van der Waals surface area (Å²) in [4.78, 5) is 17.3. The van der Waals surface area contributed by atoms with Crippen molar-refractivity contribution in [2.24, 2.45) is 7.05 Å². The smallest absolute Gasteiger partial charge is 0.233 e. The molecule has 5 nitrogen and oxygen atoms in total. The molecule has 1 heterocycles. The van der Waals surface area contributed by atoms with Gasteiger partial charge < -0.3 is 5.32 Å². The van der Waals surface area contributed by atoms with E-state index >= 15 is 0 Å². The summed E-state index contributed by atoms with van der Waals surface area (Å²) in [6.07, 6.45) is 2.21. The Kier molecular flexibility index (Phi) is 5.38. The zero-order valence-corrected chi connectivity index (χ0v) is 13.4. The van der Waals surface area contributed by atoms with Gasteiger partial charge in [0.25, 0.3) is 0 Å². The number of thioether (sulfide) groups is 1. The molecule has 0 bridgehead atoms. The van der Waals surface area contributed by atoms with E-state index in [-0.39, 0.29) is 11.2 Å². The first-order valence-corrected chi connectivity index (χ1v) is 7.78. The molecule has 0 saturated heterocycles. The second-order valence-corrected chi connectivity index (χ2v) is 6.33. The number of nitrogens with zero attached hydrogens (tertiary/aromatic N) is 3. The lowest BCUT2D eigenvalue weighted by atomic mass is 10.2. The molecule has 1 atom stereocenters. The first kappa shape index (κ1) is 15.6. The van der Waals surface area contributed by atoms with Gasteiger partial charge in [-0.3, -0.25) is 9.48 Å². The van der Waals surface area contributed by atoms with Gasteiger partial charge in [0.15, 0.2) is 0 Å². The fraction of sp³-hybridized carbons (Fsp3) is 0.400. The van der Waals surface area contributed by atoms with E-state index < -0.39 is 0 Å². The largest absolute Gasteiger partial charge is 0.355 e. The number of nitrogens with one attached hydrogen (secondary N) is 1. The van der Waals surface area contributed by atoms with E-state index in [0.717, 1.165) is 10.7 Å². The van der Waals surface area contributed by atoms with Crippen molar-refractivity contribution in [2.75, 3.05) is 6.54 Å². The molecule has 21 heavy (non-hydrogen) atoms. The van der Waals surface area contributed by atoms with Gasteiger partial charge in [0.1, 0.15) is 12.2 Å². The van der Waals surface area contributed by atoms with Gasteiger partial charge in [0, 0.05) is 24.9 Å². The fourth-order valence-electron chi connectivity index (χ4n) is 1.86. The van der Waals surface area contributed by atoms with Crippen LogP contribution in [0.25, 0.3) is 0 Å². The third kappa shape index (κ3) is 4.60. The number of amides is 1. The Hall–Kier alpha value is -1.82. The van der Waals surface area contributed by atoms with E-state index in [0.29, 0.717) is 13.0 Å². The number of aryl methyl sites for hydroxylation is 2. The van der Waals surface area contributed by atoms with Gasteiger partial charge in [-0.25, -0.2) is 4.98 Å². The van der Waals surface area contributed by atoms with Crippen molar-refractivity contribution < 1.29 is 4.79 Å². The molecule has 1 amide bonds. The Morgan fingerprint density at radius 1 is 1.38 bits per heavy atom. The van der Waals surface area contributed by atoms with Crippen LogP contribution in [0.5, 0.6) is 0 Å². The summed E-state index contributed by atoms with van der Waals surface area (Å²) in [5.74, 6) is 0.914. The van der Waals surface area contributed by atoms with Gasteiger partial charge in [-0.1, -0.05) is 17.7 Å². The highest BCUT2D eigenvalue weighted by atomic mass is 32.2. The van der Waals surface area contributed by atoms with E-state index in [1.165, 1.54) is 11.9 Å². The number of aromatic nitrogens is 3. The van der Waals surface area contributed by atoms with Crippen molar-refractivity contribution in [2.45, 2.75) is 30.4 Å². The molecule has 1 aromatic heterocycles. The number of benzene rings is 1. The molecule has 0 saturated carbocycles. The SMILES string of the molecule is Cc1ccc(SC(C)C(=O)NCCc2ncnn2C)cc1. The summed E-state index contributed by atoms with van der Waals surface area (Å²) in [7, 11) is 1.85. The van der Waals surface area contributed by atoms with Crippen LogP contribution in [0.1, 0.15) is 18.3 Å². The van der Waals surface area contributed by atoms with Gasteiger partial charge in [-0.15, -0.1) is 11.8 Å². The third-order valence-electron chi connectivity index (χ3n) is 3.16. The minimum Gasteiger partial charge on any atom is -0.355 e. The topological polar surface area (TPSA) is 59.8 Å². The fourth-order valence-corrected chi connectivity index (χ4v) is 2.75. The summed E-state index contributed by atoms with van der Waals surface area (Å²) in [5.41, 5.74) is 1.22. The molecule has 1 aromatic carbocycles. The molecule has 2 aromatic rings. The molecule has 6 heteroatoms. The number of hydrogen-bond donors (Lipinski definition) is 1. The Labute approximate surface area is 129 Å². The normalized spacial score (nSPS) is 12.1. The van der Waals surface area contributed by atoms with Gasteiger partial charge in [0.05, 0.1) is 5.25 Å². The van der Waals surface area contributed by atoms with Crippen LogP contribution in [0.15, 0.2) is 35.5 Å². The zero-order chi connectivity index (χ0) is 15.2. The van der Waals surface area contributed by atoms with E-state index in [2.05, 4.69) is 34.5 Å². The third-order valence-corrected chi connectivity index (χ3v) is 4.27. The minimum atomic E-state index is -0.118. The molecule has 112 valence electrons. The molecule has 0 aliphatic rings. The summed E-state index contributed by atoms with van der Waals surface area (Å²) < 4.78 is 1.72. The van der Waals surface area contributed by atoms with Gasteiger partial charge >= 0.3 is 0 Å². The molecule has 1 N–H and O–H groups in total. The van der Waals surface area contributed by atoms with Crippen molar-refractivity contribution >= 4 is 17.7 Å². The maximum Gasteiger partial charge on any atom is 0.233 e. The van der Waals surface area contributed by atoms with E-state index in [4.69, 9.17) is 0 Å². The second kappa shape index (κ2) is 7.26. The van der Waals surface area contributed by atoms with Gasteiger partial charge in [0.2, 0.25) is 5.91 Å². The first-order chi connectivity index (χ1) is 10.1. The van der Waals surface area contributed by atoms with E-state index in [1.54, 1.807) is 16.4 Å². The van der Waals surface area contributed by atoms with Crippen LogP contribution >= 0.6 is 11.8 Å². The molecule has 0 spiro atoms. The van der Waals surface area contributed by atoms with Gasteiger partial charge in [-0.05, 0) is 26.0 Å². The Balaban J connectivity index is 1.77. The van der Waals surface area contributed by atoms with Crippen molar-refractivity contribution in [1.82, 2.24) is 20.1 Å². The van der Waals surface area contributed by atoms with E-state index in [9.17, 15) is 4.79 Å². The Morgan fingerprint density at radius 2 is 2.10 bits per heavy atom. The number of hydrogen-bond acceptors (Lipinski definition) is 4. The average molecular weight is 304 g/mol. The molecule has 0 radical (unpaired) electrons. The van der Waals surface area contributed by atoms with Crippen LogP contribution in [0.4, 0.5) is 0 Å². The van der Waals surface area contributed by atoms with Crippen LogP contribution < -0.4 is 5.32 Å². The van der Waals surface area contributed by atoms with Crippen molar-refractivity contribution in [3.05, 3.63) is 42.0 Å². The minimum absolute atomic E-state index is 0.0442. The van der Waals surface area contributed by atoms with E-state index in [1.807, 2.05) is 26.1 Å². The zero-order valence-electron chi connectivity index (χ0n) is 12.5. The van der Waals surface area contributed by atoms with Crippen LogP contribution in [0, 0.1) is 6.92 Å². The quantitative estimate of drug-likeness (QED) is 0.829. The van der Waals surface area contributed by atoms with Crippen molar-refractivity contribution in [1.29, 1.82) is 0 Å². The highest BCUT2D eigenvalue weighted by Gasteiger charge is 2.14. The number of carbonyl (C=O) groups excluding carboxylic acids is 1. The maximum atomic E-state index is 12.1. The molecule has 0 aliphatic carbocycles. The maximum absolute atomic E-state index is 12.1. The molecule has 2 rings (SSSR count). The van der Waals surface area contributed by atoms with Crippen LogP contribution in [-0.4, -0.2) is 32.5 Å². The van der Waals surface area contributed by atoms with Crippen LogP contribution in [0.2, 0.25) is 0 Å². The Bertz CT molecular complexity index is 594. The highest BCUT2D eigenvalue weighted by molar-refractivity contribution is 8.00. The summed E-state index contributed by atoms with van der Waals surface area (Å²) in [5, 5.41) is 6.82. The number of carbonyl (C=O) groups is 1. The highest BCUT2D eigenvalue weighted by Crippen LogP contribution is 2.23. The lowest BCUT2D eigenvalue weighted by Crippen LogP contribution is -2.32. The van der Waals surface area contributed by atoms with Gasteiger partial charge in [-0.2, -0.15) is 5.10 Å². The molecular weight excluding hydrogens is 284 g/mol. The predicted molar refractivity (Wildman–Crippen MR) is 84.2 cm³/mol. The second-order valence-electron chi connectivity index (χ2n) is 4.91. The van der Waals surface area contributed by atoms with Crippen LogP contribution in [0.3, 0.4) is 0 Å². The average Bonchev–Trinajstić information content (AvgIpc) is 2.87. The van der Waals surface area contributed by atoms with Crippen molar-refractivity contribution in [3.8, 4) is 0 Å². The Morgan fingerprint density at radius 3 is 2.71 bits per heavy atom. The number of rotatable bonds is 6.